The zero-order valence-electron chi connectivity index (χ0n) is 23.9. The quantitative estimate of drug-likeness (QED) is 0.384. The smallest absolute Gasteiger partial charge is 0.253 e. The van der Waals surface area contributed by atoms with Gasteiger partial charge in [-0.2, -0.15) is 4.98 Å². The largest absolute Gasteiger partial charge is 0.493 e. The summed E-state index contributed by atoms with van der Waals surface area (Å²) >= 11 is 0. The summed E-state index contributed by atoms with van der Waals surface area (Å²) in [4.78, 5) is 31.4. The van der Waals surface area contributed by atoms with E-state index in [2.05, 4.69) is 9.80 Å². The van der Waals surface area contributed by atoms with Gasteiger partial charge in [0, 0.05) is 70.4 Å². The number of benzene rings is 2. The average molecular weight is 548 g/mol. The van der Waals surface area contributed by atoms with E-state index in [9.17, 15) is 4.79 Å². The molecule has 5 rings (SSSR count). The van der Waals surface area contributed by atoms with Gasteiger partial charge in [-0.05, 0) is 56.1 Å². The Morgan fingerprint density at radius 3 is 2.35 bits per heavy atom. The van der Waals surface area contributed by atoms with E-state index in [0.29, 0.717) is 62.3 Å². The first-order valence-electron chi connectivity index (χ1n) is 14.2. The lowest BCUT2D eigenvalue weighted by Crippen LogP contribution is -2.49. The number of amides is 1. The highest BCUT2D eigenvalue weighted by Crippen LogP contribution is 2.36. The highest BCUT2D eigenvalue weighted by molar-refractivity contribution is 5.95. The number of piperazine rings is 1. The molecule has 2 fully saturated rings. The molecule has 2 N–H and O–H groups in total. The molecule has 0 bridgehead atoms. The lowest BCUT2D eigenvalue weighted by atomic mass is 10.1. The Labute approximate surface area is 236 Å². The van der Waals surface area contributed by atoms with Crippen LogP contribution in [0.1, 0.15) is 35.2 Å². The summed E-state index contributed by atoms with van der Waals surface area (Å²) in [6.45, 7) is 7.08. The molecule has 2 aliphatic rings. The van der Waals surface area contributed by atoms with Crippen LogP contribution in [0.25, 0.3) is 10.9 Å². The van der Waals surface area contributed by atoms with E-state index in [1.54, 1.807) is 7.11 Å². The lowest BCUT2D eigenvalue weighted by Gasteiger charge is -2.36. The van der Waals surface area contributed by atoms with Gasteiger partial charge >= 0.3 is 0 Å². The normalized spacial score (nSPS) is 16.0. The van der Waals surface area contributed by atoms with Crippen molar-refractivity contribution in [3.63, 3.8) is 0 Å². The van der Waals surface area contributed by atoms with Crippen LogP contribution in [-0.2, 0) is 6.54 Å². The van der Waals surface area contributed by atoms with Gasteiger partial charge in [-0.1, -0.05) is 12.1 Å². The SMILES string of the molecule is COc1cc2c(N3CCN(C(=O)c4ccc(CN)cc4)CC3)nc(N(C)C)nc2cc1OCCCN1CCCC1. The van der Waals surface area contributed by atoms with Crippen LogP contribution in [0, 0.1) is 0 Å². The van der Waals surface area contributed by atoms with Crippen LogP contribution in [0.4, 0.5) is 11.8 Å². The first-order valence-corrected chi connectivity index (χ1v) is 14.2. The second-order valence-corrected chi connectivity index (χ2v) is 10.7. The molecular weight excluding hydrogens is 506 g/mol. The van der Waals surface area contributed by atoms with Crippen LogP contribution in [-0.4, -0.2) is 99.3 Å². The molecule has 214 valence electrons. The minimum Gasteiger partial charge on any atom is -0.493 e. The number of hydrogen-bond acceptors (Lipinski definition) is 9. The van der Waals surface area contributed by atoms with E-state index in [1.807, 2.05) is 60.3 Å². The number of anilines is 2. The number of nitrogens with zero attached hydrogens (tertiary/aromatic N) is 6. The second kappa shape index (κ2) is 12.7. The Hall–Kier alpha value is -3.63. The van der Waals surface area contributed by atoms with Crippen molar-refractivity contribution in [3.05, 3.63) is 47.5 Å². The third kappa shape index (κ3) is 6.23. The van der Waals surface area contributed by atoms with Crippen LogP contribution in [0.3, 0.4) is 0 Å². The number of ether oxygens (including phenoxy) is 2. The predicted octanol–water partition coefficient (Wildman–Crippen LogP) is 2.99. The van der Waals surface area contributed by atoms with Crippen molar-refractivity contribution < 1.29 is 14.3 Å². The van der Waals surface area contributed by atoms with Gasteiger partial charge in [-0.15, -0.1) is 0 Å². The van der Waals surface area contributed by atoms with Crippen molar-refractivity contribution >= 4 is 28.6 Å². The van der Waals surface area contributed by atoms with Gasteiger partial charge < -0.3 is 34.8 Å². The fraction of sp³-hybridized carbons (Fsp3) is 0.500. The van der Waals surface area contributed by atoms with Crippen molar-refractivity contribution in [1.82, 2.24) is 19.8 Å². The van der Waals surface area contributed by atoms with Gasteiger partial charge in [-0.25, -0.2) is 4.98 Å². The monoisotopic (exact) mass is 547 g/mol. The van der Waals surface area contributed by atoms with Gasteiger partial charge in [0.2, 0.25) is 5.95 Å². The topological polar surface area (TPSA) is 100 Å². The Morgan fingerprint density at radius 2 is 1.70 bits per heavy atom. The minimum absolute atomic E-state index is 0.0398. The van der Waals surface area contributed by atoms with E-state index in [1.165, 1.54) is 25.9 Å². The number of carbonyl (C=O) groups excluding carboxylic acids is 1. The molecule has 2 aromatic carbocycles. The molecule has 1 amide bonds. The number of aromatic nitrogens is 2. The lowest BCUT2D eigenvalue weighted by molar-refractivity contribution is 0.0746. The fourth-order valence-corrected chi connectivity index (χ4v) is 5.39. The van der Waals surface area contributed by atoms with Crippen molar-refractivity contribution in [2.75, 3.05) is 83.4 Å². The zero-order chi connectivity index (χ0) is 28.1. The summed E-state index contributed by atoms with van der Waals surface area (Å²) in [6, 6.07) is 11.5. The van der Waals surface area contributed by atoms with Crippen molar-refractivity contribution in [2.45, 2.75) is 25.8 Å². The Bertz CT molecular complexity index is 1300. The number of carbonyl (C=O) groups is 1. The van der Waals surface area contributed by atoms with Gasteiger partial charge in [-0.3, -0.25) is 4.79 Å². The zero-order valence-corrected chi connectivity index (χ0v) is 23.9. The standard InChI is InChI=1S/C30H41N7O3/c1-34(2)30-32-25-20-27(40-18-6-13-35-11-4-5-12-35)26(39-3)19-24(25)28(33-30)36-14-16-37(17-15-36)29(38)23-9-7-22(21-31)8-10-23/h7-10,19-20H,4-6,11-18,21,31H2,1-3H3. The predicted molar refractivity (Wildman–Crippen MR) is 159 cm³/mol. The van der Waals surface area contributed by atoms with Crippen LogP contribution in [0.2, 0.25) is 0 Å². The third-order valence-corrected chi connectivity index (χ3v) is 7.73. The highest BCUT2D eigenvalue weighted by atomic mass is 16.5. The minimum atomic E-state index is 0.0398. The van der Waals surface area contributed by atoms with E-state index in [-0.39, 0.29) is 5.91 Å². The Balaban J connectivity index is 1.33. The average Bonchev–Trinajstić information content (AvgIpc) is 3.51. The Kier molecular flexibility index (Phi) is 8.86. The second-order valence-electron chi connectivity index (χ2n) is 10.7. The number of nitrogens with two attached hydrogens (primary N) is 1. The molecule has 1 aromatic heterocycles. The number of likely N-dealkylation sites (tertiary alicyclic amines) is 1. The maximum absolute atomic E-state index is 13.1. The summed E-state index contributed by atoms with van der Waals surface area (Å²) in [5.41, 5.74) is 8.21. The van der Waals surface area contributed by atoms with E-state index < -0.39 is 0 Å². The number of methoxy groups -OCH3 is 1. The first kappa shape index (κ1) is 27.9. The summed E-state index contributed by atoms with van der Waals surface area (Å²) in [6.07, 6.45) is 3.56. The highest BCUT2D eigenvalue weighted by Gasteiger charge is 2.26. The van der Waals surface area contributed by atoms with Gasteiger partial charge in [0.1, 0.15) is 5.82 Å². The molecule has 3 heterocycles. The van der Waals surface area contributed by atoms with Crippen molar-refractivity contribution in [1.29, 1.82) is 0 Å². The van der Waals surface area contributed by atoms with Gasteiger partial charge in [0.05, 0.1) is 19.2 Å². The van der Waals surface area contributed by atoms with Crippen LogP contribution < -0.4 is 25.0 Å². The molecule has 0 unspecified atom stereocenters. The first-order chi connectivity index (χ1) is 19.5. The fourth-order valence-electron chi connectivity index (χ4n) is 5.39. The van der Waals surface area contributed by atoms with E-state index in [4.69, 9.17) is 25.2 Å². The van der Waals surface area contributed by atoms with Crippen LogP contribution in [0.5, 0.6) is 11.5 Å². The molecule has 0 spiro atoms. The van der Waals surface area contributed by atoms with Crippen LogP contribution >= 0.6 is 0 Å². The molecule has 10 heteroatoms. The Morgan fingerprint density at radius 1 is 0.975 bits per heavy atom. The molecule has 40 heavy (non-hydrogen) atoms. The molecule has 0 saturated carbocycles. The number of rotatable bonds is 10. The van der Waals surface area contributed by atoms with E-state index in [0.717, 1.165) is 35.2 Å². The van der Waals surface area contributed by atoms with Gasteiger partial charge in [0.25, 0.3) is 5.91 Å². The maximum Gasteiger partial charge on any atom is 0.253 e. The molecular formula is C30H41N7O3. The maximum atomic E-state index is 13.1. The molecule has 0 aliphatic carbocycles. The molecule has 0 radical (unpaired) electrons. The van der Waals surface area contributed by atoms with E-state index >= 15 is 0 Å². The summed E-state index contributed by atoms with van der Waals surface area (Å²) < 4.78 is 11.9. The molecule has 0 atom stereocenters. The van der Waals surface area contributed by atoms with Crippen molar-refractivity contribution in [2.24, 2.45) is 5.73 Å². The summed E-state index contributed by atoms with van der Waals surface area (Å²) in [5, 5.41) is 0.906. The third-order valence-electron chi connectivity index (χ3n) is 7.73. The number of fused-ring (bicyclic) bond motifs is 1. The molecule has 2 saturated heterocycles. The number of hydrogen-bond donors (Lipinski definition) is 1. The van der Waals surface area contributed by atoms with Crippen LogP contribution in [0.15, 0.2) is 36.4 Å². The molecule has 2 aliphatic heterocycles. The van der Waals surface area contributed by atoms with Crippen molar-refractivity contribution in [3.8, 4) is 11.5 Å². The molecule has 10 nitrogen and oxygen atoms in total. The molecule has 3 aromatic rings. The summed E-state index contributed by atoms with van der Waals surface area (Å²) in [5.74, 6) is 2.88. The van der Waals surface area contributed by atoms with Gasteiger partial charge in [0.15, 0.2) is 11.5 Å². The summed E-state index contributed by atoms with van der Waals surface area (Å²) in [7, 11) is 5.55.